The maximum atomic E-state index is 10.7. The maximum absolute atomic E-state index is 10.7. The second-order valence-electron chi connectivity index (χ2n) is 3.14. The van der Waals surface area contributed by atoms with Gasteiger partial charge in [-0.3, -0.25) is 4.79 Å². The van der Waals surface area contributed by atoms with Crippen LogP contribution in [0.1, 0.15) is 13.8 Å². The van der Waals surface area contributed by atoms with Crippen molar-refractivity contribution in [2.45, 2.75) is 13.8 Å². The molecule has 0 saturated carbocycles. The van der Waals surface area contributed by atoms with Gasteiger partial charge >= 0.3 is 5.97 Å². The van der Waals surface area contributed by atoms with Crippen LogP contribution in [-0.4, -0.2) is 24.2 Å². The molecule has 0 rings (SSSR count). The summed E-state index contributed by atoms with van der Waals surface area (Å²) >= 11 is 0. The first-order valence-corrected chi connectivity index (χ1v) is 4.14. The van der Waals surface area contributed by atoms with Gasteiger partial charge in [-0.05, 0) is 5.92 Å². The van der Waals surface area contributed by atoms with Crippen molar-refractivity contribution in [3.05, 3.63) is 12.7 Å². The Hall–Kier alpha value is -0.830. The number of aliphatic carboxylic acids is 1. The van der Waals surface area contributed by atoms with E-state index >= 15 is 0 Å². The number of rotatable bonds is 6. The summed E-state index contributed by atoms with van der Waals surface area (Å²) in [6, 6.07) is 0. The van der Waals surface area contributed by atoms with Crippen molar-refractivity contribution in [1.29, 1.82) is 0 Å². The highest BCUT2D eigenvalue weighted by molar-refractivity contribution is 5.70. The van der Waals surface area contributed by atoms with Crippen LogP contribution in [0.15, 0.2) is 12.7 Å². The van der Waals surface area contributed by atoms with Crippen LogP contribution in [0.25, 0.3) is 0 Å². The van der Waals surface area contributed by atoms with Crippen LogP contribution >= 0.6 is 0 Å². The first kappa shape index (κ1) is 11.2. The zero-order valence-corrected chi connectivity index (χ0v) is 7.71. The molecule has 12 heavy (non-hydrogen) atoms. The molecule has 0 spiro atoms. The molecule has 0 bridgehead atoms. The van der Waals surface area contributed by atoms with E-state index in [4.69, 9.17) is 5.11 Å². The van der Waals surface area contributed by atoms with E-state index in [1.54, 1.807) is 6.08 Å². The Balaban J connectivity index is 3.79. The fourth-order valence-electron chi connectivity index (χ4n) is 0.949. The standard InChI is InChI=1S/C9H17NO2/c1-4-5-10-6-8(7(2)3)9(11)12/h4,7-8,10H,1,5-6H2,2-3H3,(H,11,12). The van der Waals surface area contributed by atoms with Gasteiger partial charge < -0.3 is 10.4 Å². The van der Waals surface area contributed by atoms with Crippen molar-refractivity contribution in [1.82, 2.24) is 5.32 Å². The lowest BCUT2D eigenvalue weighted by Gasteiger charge is -2.15. The number of nitrogens with one attached hydrogen (secondary N) is 1. The minimum atomic E-state index is -0.735. The Kier molecular flexibility index (Phi) is 5.37. The van der Waals surface area contributed by atoms with Crippen molar-refractivity contribution in [2.24, 2.45) is 11.8 Å². The summed E-state index contributed by atoms with van der Waals surface area (Å²) in [5.74, 6) is -0.869. The lowest BCUT2D eigenvalue weighted by Crippen LogP contribution is -2.32. The van der Waals surface area contributed by atoms with Gasteiger partial charge in [0.1, 0.15) is 0 Å². The maximum Gasteiger partial charge on any atom is 0.308 e. The molecule has 1 unspecified atom stereocenters. The minimum absolute atomic E-state index is 0.166. The van der Waals surface area contributed by atoms with E-state index in [-0.39, 0.29) is 11.8 Å². The van der Waals surface area contributed by atoms with Crippen molar-refractivity contribution >= 4 is 5.97 Å². The predicted octanol–water partition coefficient (Wildman–Crippen LogP) is 1.12. The second-order valence-corrected chi connectivity index (χ2v) is 3.14. The average molecular weight is 171 g/mol. The zero-order valence-electron chi connectivity index (χ0n) is 7.71. The van der Waals surface area contributed by atoms with E-state index in [9.17, 15) is 4.79 Å². The molecular formula is C9H17NO2. The van der Waals surface area contributed by atoms with Crippen LogP contribution < -0.4 is 5.32 Å². The molecule has 0 aromatic carbocycles. The molecule has 1 atom stereocenters. The van der Waals surface area contributed by atoms with E-state index < -0.39 is 5.97 Å². The van der Waals surface area contributed by atoms with Gasteiger partial charge in [-0.2, -0.15) is 0 Å². The van der Waals surface area contributed by atoms with Crippen molar-refractivity contribution in [3.8, 4) is 0 Å². The molecule has 0 amide bonds. The number of carboxylic acids is 1. The lowest BCUT2D eigenvalue weighted by atomic mass is 9.96. The van der Waals surface area contributed by atoms with Gasteiger partial charge in [-0.1, -0.05) is 19.9 Å². The fourth-order valence-corrected chi connectivity index (χ4v) is 0.949. The molecule has 3 nitrogen and oxygen atoms in total. The van der Waals surface area contributed by atoms with Crippen molar-refractivity contribution in [3.63, 3.8) is 0 Å². The summed E-state index contributed by atoms with van der Waals surface area (Å²) in [6.45, 7) is 8.54. The number of hydrogen-bond donors (Lipinski definition) is 2. The molecule has 0 aliphatic heterocycles. The molecular weight excluding hydrogens is 154 g/mol. The van der Waals surface area contributed by atoms with E-state index in [0.717, 1.165) is 0 Å². The number of carbonyl (C=O) groups is 1. The summed E-state index contributed by atoms with van der Waals surface area (Å²) in [6.07, 6.45) is 1.72. The van der Waals surface area contributed by atoms with Gasteiger partial charge in [-0.25, -0.2) is 0 Å². The second kappa shape index (κ2) is 5.77. The van der Waals surface area contributed by atoms with Gasteiger partial charge in [0.15, 0.2) is 0 Å². The van der Waals surface area contributed by atoms with Crippen LogP contribution in [-0.2, 0) is 4.79 Å². The number of carboxylic acid groups (broad SMARTS) is 1. The molecule has 0 radical (unpaired) electrons. The highest BCUT2D eigenvalue weighted by Gasteiger charge is 2.20. The topological polar surface area (TPSA) is 49.3 Å². The quantitative estimate of drug-likeness (QED) is 0.465. The molecule has 2 N–H and O–H groups in total. The van der Waals surface area contributed by atoms with Gasteiger partial charge in [0.25, 0.3) is 0 Å². The Morgan fingerprint density at radius 2 is 2.25 bits per heavy atom. The Morgan fingerprint density at radius 3 is 2.58 bits per heavy atom. The Labute approximate surface area is 73.5 Å². The molecule has 0 aromatic rings. The van der Waals surface area contributed by atoms with Crippen LogP contribution in [0, 0.1) is 11.8 Å². The van der Waals surface area contributed by atoms with E-state index in [1.165, 1.54) is 0 Å². The highest BCUT2D eigenvalue weighted by atomic mass is 16.4. The lowest BCUT2D eigenvalue weighted by molar-refractivity contribution is -0.143. The van der Waals surface area contributed by atoms with Gasteiger partial charge in [-0.15, -0.1) is 6.58 Å². The SMILES string of the molecule is C=CCNCC(C(=O)O)C(C)C. The highest BCUT2D eigenvalue weighted by Crippen LogP contribution is 2.09. The molecule has 70 valence electrons. The monoisotopic (exact) mass is 171 g/mol. The third-order valence-electron chi connectivity index (χ3n) is 1.77. The minimum Gasteiger partial charge on any atom is -0.481 e. The molecule has 0 fully saturated rings. The van der Waals surface area contributed by atoms with Crippen LogP contribution in [0.5, 0.6) is 0 Å². The number of hydrogen-bond acceptors (Lipinski definition) is 2. The smallest absolute Gasteiger partial charge is 0.308 e. The Bertz CT molecular complexity index is 155. The Morgan fingerprint density at radius 1 is 1.67 bits per heavy atom. The van der Waals surface area contributed by atoms with Gasteiger partial charge in [0.05, 0.1) is 5.92 Å². The fraction of sp³-hybridized carbons (Fsp3) is 0.667. The summed E-state index contributed by atoms with van der Waals surface area (Å²) in [7, 11) is 0. The van der Waals surface area contributed by atoms with E-state index in [1.807, 2.05) is 13.8 Å². The third kappa shape index (κ3) is 4.13. The first-order chi connectivity index (χ1) is 5.59. The summed E-state index contributed by atoms with van der Waals surface area (Å²) in [4.78, 5) is 10.7. The molecule has 0 aliphatic carbocycles. The molecule has 3 heteroatoms. The van der Waals surface area contributed by atoms with Crippen LogP contribution in [0.3, 0.4) is 0 Å². The molecule has 0 heterocycles. The molecule has 0 aromatic heterocycles. The summed E-state index contributed by atoms with van der Waals surface area (Å²) in [5, 5.41) is 11.8. The molecule has 0 saturated heterocycles. The normalized spacial score (nSPS) is 12.9. The summed E-state index contributed by atoms with van der Waals surface area (Å²) < 4.78 is 0. The van der Waals surface area contributed by atoms with E-state index in [0.29, 0.717) is 13.1 Å². The summed E-state index contributed by atoms with van der Waals surface area (Å²) in [5.41, 5.74) is 0. The zero-order chi connectivity index (χ0) is 9.56. The van der Waals surface area contributed by atoms with Crippen LogP contribution in [0.4, 0.5) is 0 Å². The predicted molar refractivity (Wildman–Crippen MR) is 49.0 cm³/mol. The van der Waals surface area contributed by atoms with Crippen molar-refractivity contribution in [2.75, 3.05) is 13.1 Å². The third-order valence-corrected chi connectivity index (χ3v) is 1.77. The van der Waals surface area contributed by atoms with E-state index in [2.05, 4.69) is 11.9 Å². The van der Waals surface area contributed by atoms with Crippen LogP contribution in [0.2, 0.25) is 0 Å². The molecule has 0 aliphatic rings. The first-order valence-electron chi connectivity index (χ1n) is 4.14. The van der Waals surface area contributed by atoms with Crippen molar-refractivity contribution < 1.29 is 9.90 Å². The average Bonchev–Trinajstić information content (AvgIpc) is 1.96. The van der Waals surface area contributed by atoms with Gasteiger partial charge in [0, 0.05) is 13.1 Å². The van der Waals surface area contributed by atoms with Gasteiger partial charge in [0.2, 0.25) is 0 Å². The largest absolute Gasteiger partial charge is 0.481 e.